The Labute approximate surface area is 206 Å². The van der Waals surface area contributed by atoms with Crippen molar-refractivity contribution in [3.8, 4) is 0 Å². The number of hydrogen-bond acceptors (Lipinski definition) is 7. The van der Waals surface area contributed by atoms with Gasteiger partial charge in [0.25, 0.3) is 0 Å². The minimum Gasteiger partial charge on any atom is -0.363 e. The molecule has 3 aliphatic rings. The molecule has 2 fully saturated rings. The first-order valence-corrected chi connectivity index (χ1v) is 12.3. The zero-order valence-corrected chi connectivity index (χ0v) is 20.7. The highest BCUT2D eigenvalue weighted by Gasteiger charge is 2.52. The van der Waals surface area contributed by atoms with Crippen LogP contribution in [0, 0.1) is 0 Å². The number of aromatic nitrogens is 2. The summed E-state index contributed by atoms with van der Waals surface area (Å²) in [6.07, 6.45) is 2.57. The summed E-state index contributed by atoms with van der Waals surface area (Å²) in [5.74, 6) is 1.67. The number of nitrogens with zero attached hydrogens (tertiary/aromatic N) is 5. The summed E-state index contributed by atoms with van der Waals surface area (Å²) in [7, 11) is 2.04. The molecule has 2 N–H and O–H groups in total. The van der Waals surface area contributed by atoms with Crippen LogP contribution >= 0.6 is 11.6 Å². The van der Waals surface area contributed by atoms with Gasteiger partial charge in [-0.05, 0) is 24.1 Å². The van der Waals surface area contributed by atoms with Gasteiger partial charge >= 0.3 is 0 Å². The normalized spacial score (nSPS) is 22.3. The van der Waals surface area contributed by atoms with Crippen molar-refractivity contribution in [2.75, 3.05) is 48.3 Å². The summed E-state index contributed by atoms with van der Waals surface area (Å²) < 4.78 is 0. The number of hydrogen-bond donors (Lipinski definition) is 2. The van der Waals surface area contributed by atoms with Crippen LogP contribution in [0.25, 0.3) is 0 Å². The number of benzene rings is 1. The lowest BCUT2D eigenvalue weighted by atomic mass is 9.96. The topological polar surface area (TPSA) is 76.6 Å². The molecule has 1 amide bonds. The molecule has 1 aliphatic carbocycles. The number of anilines is 3. The fourth-order valence-electron chi connectivity index (χ4n) is 5.11. The monoisotopic (exact) mass is 481 g/mol. The molecule has 9 heteroatoms. The second-order valence-electron chi connectivity index (χ2n) is 9.74. The third kappa shape index (κ3) is 4.32. The van der Waals surface area contributed by atoms with Crippen LogP contribution in [0.2, 0.25) is 5.02 Å². The summed E-state index contributed by atoms with van der Waals surface area (Å²) in [5, 5.41) is 7.43. The maximum Gasteiger partial charge on any atom is 0.231 e. The van der Waals surface area contributed by atoms with Gasteiger partial charge in [-0.3, -0.25) is 4.79 Å². The van der Waals surface area contributed by atoms with Crippen molar-refractivity contribution in [2.45, 2.75) is 44.3 Å². The van der Waals surface area contributed by atoms with E-state index in [0.717, 1.165) is 41.5 Å². The first-order chi connectivity index (χ1) is 16.3. The second-order valence-corrected chi connectivity index (χ2v) is 10.2. The van der Waals surface area contributed by atoms with E-state index in [0.29, 0.717) is 30.7 Å². The lowest BCUT2D eigenvalue weighted by molar-refractivity contribution is -0.133. The van der Waals surface area contributed by atoms with Crippen LogP contribution < -0.4 is 20.4 Å². The Bertz CT molecular complexity index is 1090. The van der Waals surface area contributed by atoms with Crippen molar-refractivity contribution < 1.29 is 4.79 Å². The molecule has 8 nitrogen and oxygen atoms in total. The molecule has 5 rings (SSSR count). The molecule has 180 valence electrons. The quantitative estimate of drug-likeness (QED) is 0.656. The van der Waals surface area contributed by atoms with Crippen molar-refractivity contribution in [1.29, 1.82) is 0 Å². The lowest BCUT2D eigenvalue weighted by Gasteiger charge is -2.39. The van der Waals surface area contributed by atoms with Gasteiger partial charge in [0.2, 0.25) is 5.91 Å². The van der Waals surface area contributed by atoms with E-state index in [9.17, 15) is 4.79 Å². The molecule has 0 bridgehead atoms. The van der Waals surface area contributed by atoms with E-state index in [4.69, 9.17) is 11.6 Å². The number of carbonyl (C=O) groups excluding carboxylic acids is 1. The molecule has 0 spiro atoms. The molecule has 1 saturated carbocycles. The SMILES string of the molecule is C=C1CN(C)c2c(ncnc2N2CCN(C(=O)[C@H](CNC(C)C)c3ccc(Cl)cc3)[C@H]3C[C@H]32)N1. The third-order valence-electron chi connectivity index (χ3n) is 6.87. The lowest BCUT2D eigenvalue weighted by Crippen LogP contribution is -2.51. The van der Waals surface area contributed by atoms with Crippen LogP contribution in [0.5, 0.6) is 0 Å². The van der Waals surface area contributed by atoms with Crippen molar-refractivity contribution in [2.24, 2.45) is 0 Å². The number of nitrogens with one attached hydrogen (secondary N) is 2. The van der Waals surface area contributed by atoms with Crippen LogP contribution in [-0.4, -0.2) is 72.1 Å². The molecule has 3 heterocycles. The minimum absolute atomic E-state index is 0.183. The fourth-order valence-corrected chi connectivity index (χ4v) is 5.24. The van der Waals surface area contributed by atoms with E-state index >= 15 is 0 Å². The Kier molecular flexibility index (Phi) is 6.12. The van der Waals surface area contributed by atoms with Crippen LogP contribution in [0.3, 0.4) is 0 Å². The van der Waals surface area contributed by atoms with E-state index in [1.807, 2.05) is 31.3 Å². The predicted octanol–water partition coefficient (Wildman–Crippen LogP) is 3.08. The van der Waals surface area contributed by atoms with E-state index in [2.05, 4.69) is 55.7 Å². The number of piperazine rings is 1. The minimum atomic E-state index is -0.236. The van der Waals surface area contributed by atoms with Gasteiger partial charge in [-0.1, -0.05) is 44.2 Å². The van der Waals surface area contributed by atoms with Crippen molar-refractivity contribution in [3.05, 3.63) is 53.5 Å². The number of amides is 1. The standard InChI is InChI=1S/C25H32ClN7O/c1-15(2)27-12-19(17-5-7-18(26)8-6-17)25(34)33-10-9-32(20-11-21(20)33)24-22-23(28-14-29-24)30-16(3)13-31(22)4/h5-8,14-15,19-21,27H,3,9-13H2,1-2,4H3,(H,28,29,30)/t19-,20-,21+/m1/s1. The molecule has 0 radical (unpaired) electrons. The largest absolute Gasteiger partial charge is 0.363 e. The Hall–Kier alpha value is -2.84. The molecular formula is C25H32ClN7O. The van der Waals surface area contributed by atoms with E-state index < -0.39 is 0 Å². The number of fused-ring (bicyclic) bond motifs is 2. The highest BCUT2D eigenvalue weighted by molar-refractivity contribution is 6.30. The summed E-state index contributed by atoms with van der Waals surface area (Å²) in [6, 6.07) is 8.45. The predicted molar refractivity (Wildman–Crippen MR) is 137 cm³/mol. The van der Waals surface area contributed by atoms with Gasteiger partial charge in [-0.15, -0.1) is 0 Å². The van der Waals surface area contributed by atoms with Gasteiger partial charge in [-0.25, -0.2) is 9.97 Å². The molecule has 3 atom stereocenters. The van der Waals surface area contributed by atoms with Gasteiger partial charge < -0.3 is 25.3 Å². The third-order valence-corrected chi connectivity index (χ3v) is 7.12. The summed E-state index contributed by atoms with van der Waals surface area (Å²) in [4.78, 5) is 29.4. The Morgan fingerprint density at radius 2 is 2.00 bits per heavy atom. The molecule has 0 unspecified atom stereocenters. The summed E-state index contributed by atoms with van der Waals surface area (Å²) in [5.41, 5.74) is 2.92. The Balaban J connectivity index is 1.35. The maximum atomic E-state index is 13.8. The van der Waals surface area contributed by atoms with E-state index in [1.165, 1.54) is 0 Å². The number of halogens is 1. The van der Waals surface area contributed by atoms with Crippen molar-refractivity contribution >= 4 is 34.8 Å². The number of likely N-dealkylation sites (N-methyl/N-ethyl adjacent to an activating group) is 1. The van der Waals surface area contributed by atoms with Crippen molar-refractivity contribution in [3.63, 3.8) is 0 Å². The summed E-state index contributed by atoms with van der Waals surface area (Å²) in [6.45, 7) is 11.0. The van der Waals surface area contributed by atoms with Gasteiger partial charge in [0.1, 0.15) is 12.0 Å². The van der Waals surface area contributed by atoms with Gasteiger partial charge in [-0.2, -0.15) is 0 Å². The fraction of sp³-hybridized carbons (Fsp3) is 0.480. The van der Waals surface area contributed by atoms with E-state index in [-0.39, 0.29) is 23.9 Å². The second kappa shape index (κ2) is 9.07. The molecule has 34 heavy (non-hydrogen) atoms. The maximum absolute atomic E-state index is 13.8. The van der Waals surface area contributed by atoms with Crippen LogP contribution in [-0.2, 0) is 4.79 Å². The first kappa shape index (κ1) is 22.9. The molecule has 2 aromatic rings. The van der Waals surface area contributed by atoms with Gasteiger partial charge in [0.15, 0.2) is 11.6 Å². The molecule has 1 saturated heterocycles. The highest BCUT2D eigenvalue weighted by atomic mass is 35.5. The zero-order chi connectivity index (χ0) is 24.0. The Morgan fingerprint density at radius 1 is 1.24 bits per heavy atom. The smallest absolute Gasteiger partial charge is 0.231 e. The van der Waals surface area contributed by atoms with Crippen molar-refractivity contribution in [1.82, 2.24) is 20.2 Å². The average molecular weight is 482 g/mol. The molecule has 1 aromatic carbocycles. The zero-order valence-electron chi connectivity index (χ0n) is 20.0. The van der Waals surface area contributed by atoms with Gasteiger partial charge in [0, 0.05) is 43.4 Å². The van der Waals surface area contributed by atoms with Gasteiger partial charge in [0.05, 0.1) is 24.5 Å². The molecule has 2 aliphatic heterocycles. The number of carbonyl (C=O) groups is 1. The highest BCUT2D eigenvalue weighted by Crippen LogP contribution is 2.45. The molecule has 1 aromatic heterocycles. The molecular weight excluding hydrogens is 450 g/mol. The van der Waals surface area contributed by atoms with E-state index in [1.54, 1.807) is 6.33 Å². The van der Waals surface area contributed by atoms with Crippen LogP contribution in [0.4, 0.5) is 17.3 Å². The van der Waals surface area contributed by atoms with Crippen LogP contribution in [0.15, 0.2) is 42.9 Å². The Morgan fingerprint density at radius 3 is 2.74 bits per heavy atom. The first-order valence-electron chi connectivity index (χ1n) is 11.9. The average Bonchev–Trinajstić information content (AvgIpc) is 3.60. The summed E-state index contributed by atoms with van der Waals surface area (Å²) >= 11 is 6.11. The van der Waals surface area contributed by atoms with Crippen LogP contribution in [0.1, 0.15) is 31.7 Å². The number of rotatable bonds is 6.